The van der Waals surface area contributed by atoms with Crippen LogP contribution in [-0.4, -0.2) is 41.2 Å². The third kappa shape index (κ3) is 3.90. The number of imide groups is 1. The molecule has 3 rings (SSSR count). The molecule has 2 atom stereocenters. The van der Waals surface area contributed by atoms with Crippen molar-refractivity contribution in [3.63, 3.8) is 0 Å². The zero-order valence-electron chi connectivity index (χ0n) is 14.7. The first kappa shape index (κ1) is 19.5. The highest BCUT2D eigenvalue weighted by Gasteiger charge is 2.51. The van der Waals surface area contributed by atoms with Crippen molar-refractivity contribution < 1.29 is 23.8 Å². The van der Waals surface area contributed by atoms with Gasteiger partial charge in [0.15, 0.2) is 5.54 Å². The largest absolute Gasteiger partial charge is 0.489 e. The quantitative estimate of drug-likeness (QED) is 0.711. The summed E-state index contributed by atoms with van der Waals surface area (Å²) in [5, 5.41) is 13.6. The third-order valence-corrected chi connectivity index (χ3v) is 4.77. The fraction of sp³-hybridized carbons (Fsp3) is 0.333. The van der Waals surface area contributed by atoms with Crippen LogP contribution in [0.25, 0.3) is 0 Å². The van der Waals surface area contributed by atoms with Crippen molar-refractivity contribution in [1.29, 1.82) is 0 Å². The van der Waals surface area contributed by atoms with Crippen LogP contribution in [-0.2, 0) is 10.3 Å². The minimum Gasteiger partial charge on any atom is -0.489 e. The van der Waals surface area contributed by atoms with Gasteiger partial charge in [0, 0.05) is 11.1 Å². The second kappa shape index (κ2) is 7.42. The lowest BCUT2D eigenvalue weighted by molar-refractivity contribution is -0.132. The van der Waals surface area contributed by atoms with Gasteiger partial charge < -0.3 is 19.6 Å². The Hall–Kier alpha value is -2.22. The van der Waals surface area contributed by atoms with Crippen molar-refractivity contribution in [1.82, 2.24) is 10.2 Å². The van der Waals surface area contributed by atoms with Crippen molar-refractivity contribution in [3.8, 4) is 5.75 Å². The first-order valence-electron chi connectivity index (χ1n) is 8.17. The van der Waals surface area contributed by atoms with Crippen LogP contribution in [0.4, 0.5) is 4.79 Å². The standard InChI is InChI=1S/C18H18Cl2N2O5/c1-10-3-6-15(27-10)18(2)16(24)22(17(25)21-18)8-12(23)9-26-14-7-11(19)4-5-13(14)20/h3-7,12,23H,8-9H2,1-2H3,(H,21,25). The highest BCUT2D eigenvalue weighted by atomic mass is 35.5. The van der Waals surface area contributed by atoms with E-state index in [0.717, 1.165) is 4.90 Å². The molecule has 0 saturated carbocycles. The molecule has 144 valence electrons. The number of carbonyl (C=O) groups is 2. The molecule has 9 heteroatoms. The van der Waals surface area contributed by atoms with Gasteiger partial charge in [-0.1, -0.05) is 23.2 Å². The summed E-state index contributed by atoms with van der Waals surface area (Å²) in [5.41, 5.74) is -1.32. The summed E-state index contributed by atoms with van der Waals surface area (Å²) in [6.07, 6.45) is -1.12. The van der Waals surface area contributed by atoms with Gasteiger partial charge in [-0.05, 0) is 38.1 Å². The molecule has 2 N–H and O–H groups in total. The monoisotopic (exact) mass is 412 g/mol. The van der Waals surface area contributed by atoms with E-state index < -0.39 is 23.6 Å². The van der Waals surface area contributed by atoms with Gasteiger partial charge in [-0.15, -0.1) is 0 Å². The van der Waals surface area contributed by atoms with Crippen molar-refractivity contribution in [2.24, 2.45) is 0 Å². The Balaban J connectivity index is 1.65. The average molecular weight is 413 g/mol. The zero-order chi connectivity index (χ0) is 19.8. The summed E-state index contributed by atoms with van der Waals surface area (Å²) in [7, 11) is 0. The van der Waals surface area contributed by atoms with Crippen molar-refractivity contribution in [3.05, 3.63) is 51.9 Å². The van der Waals surface area contributed by atoms with Crippen LogP contribution in [0.3, 0.4) is 0 Å². The fourth-order valence-electron chi connectivity index (χ4n) is 2.77. The molecule has 1 saturated heterocycles. The van der Waals surface area contributed by atoms with E-state index in [0.29, 0.717) is 27.3 Å². The second-order valence-corrected chi connectivity index (χ2v) is 7.26. The van der Waals surface area contributed by atoms with Gasteiger partial charge in [0.25, 0.3) is 5.91 Å². The number of hydrogen-bond acceptors (Lipinski definition) is 5. The van der Waals surface area contributed by atoms with E-state index in [1.807, 2.05) is 0 Å². The third-order valence-electron chi connectivity index (χ3n) is 4.23. The van der Waals surface area contributed by atoms with Crippen molar-refractivity contribution in [2.75, 3.05) is 13.2 Å². The molecular weight excluding hydrogens is 395 g/mol. The molecule has 27 heavy (non-hydrogen) atoms. The van der Waals surface area contributed by atoms with Crippen LogP contribution >= 0.6 is 23.2 Å². The molecule has 1 aliphatic heterocycles. The number of hydrogen-bond donors (Lipinski definition) is 2. The van der Waals surface area contributed by atoms with E-state index in [-0.39, 0.29) is 13.2 Å². The van der Waals surface area contributed by atoms with E-state index in [4.69, 9.17) is 32.4 Å². The van der Waals surface area contributed by atoms with Gasteiger partial charge >= 0.3 is 6.03 Å². The minimum absolute atomic E-state index is 0.173. The van der Waals surface area contributed by atoms with E-state index in [1.54, 1.807) is 38.1 Å². The number of benzene rings is 1. The normalized spacial score (nSPS) is 20.7. The van der Waals surface area contributed by atoms with Crippen LogP contribution < -0.4 is 10.1 Å². The van der Waals surface area contributed by atoms with Crippen LogP contribution in [0, 0.1) is 6.92 Å². The smallest absolute Gasteiger partial charge is 0.325 e. The molecule has 7 nitrogen and oxygen atoms in total. The summed E-state index contributed by atoms with van der Waals surface area (Å²) >= 11 is 11.9. The number of nitrogens with one attached hydrogen (secondary N) is 1. The summed E-state index contributed by atoms with van der Waals surface area (Å²) in [5.74, 6) is 0.744. The Morgan fingerprint density at radius 2 is 2.04 bits per heavy atom. The predicted molar refractivity (Wildman–Crippen MR) is 99.0 cm³/mol. The van der Waals surface area contributed by atoms with Gasteiger partial charge in [0.05, 0.1) is 11.6 Å². The summed E-state index contributed by atoms with van der Waals surface area (Å²) in [6.45, 7) is 2.89. The van der Waals surface area contributed by atoms with E-state index in [1.165, 1.54) is 6.07 Å². The maximum atomic E-state index is 12.7. The van der Waals surface area contributed by atoms with Crippen molar-refractivity contribution >= 4 is 35.1 Å². The highest BCUT2D eigenvalue weighted by Crippen LogP contribution is 2.31. The Bertz CT molecular complexity index is 884. The Morgan fingerprint density at radius 3 is 2.70 bits per heavy atom. The second-order valence-electron chi connectivity index (χ2n) is 6.42. The molecule has 0 bridgehead atoms. The molecule has 2 unspecified atom stereocenters. The van der Waals surface area contributed by atoms with Crippen LogP contribution in [0.5, 0.6) is 5.75 Å². The van der Waals surface area contributed by atoms with Gasteiger partial charge in [0.1, 0.15) is 30.0 Å². The number of furan rings is 1. The van der Waals surface area contributed by atoms with E-state index in [9.17, 15) is 14.7 Å². The molecule has 1 aliphatic rings. The number of aliphatic hydroxyl groups is 1. The van der Waals surface area contributed by atoms with Crippen LogP contribution in [0.15, 0.2) is 34.7 Å². The van der Waals surface area contributed by atoms with Gasteiger partial charge in [0.2, 0.25) is 0 Å². The lowest BCUT2D eigenvalue weighted by Gasteiger charge is -2.21. The maximum absolute atomic E-state index is 12.7. The first-order chi connectivity index (χ1) is 12.7. The highest BCUT2D eigenvalue weighted by molar-refractivity contribution is 6.34. The molecule has 0 radical (unpaired) electrons. The molecule has 0 aliphatic carbocycles. The first-order valence-corrected chi connectivity index (χ1v) is 8.93. The molecule has 1 aromatic heterocycles. The van der Waals surface area contributed by atoms with Gasteiger partial charge in [-0.25, -0.2) is 4.79 Å². The number of β-amino-alcohol motifs (C(OH)–C–C–N with tert-alkyl or cyclic N) is 1. The molecule has 2 aromatic rings. The van der Waals surface area contributed by atoms with Crippen LogP contribution in [0.1, 0.15) is 18.4 Å². The topological polar surface area (TPSA) is 92.0 Å². The summed E-state index contributed by atoms with van der Waals surface area (Å²) in [4.78, 5) is 25.9. The number of aliphatic hydroxyl groups excluding tert-OH is 1. The number of rotatable bonds is 6. The van der Waals surface area contributed by atoms with E-state index >= 15 is 0 Å². The lowest BCUT2D eigenvalue weighted by Crippen LogP contribution is -2.42. The molecule has 2 heterocycles. The number of aryl methyl sites for hydroxylation is 1. The average Bonchev–Trinajstić information content (AvgIpc) is 3.14. The number of amides is 3. The molecular formula is C18H18Cl2N2O5. The van der Waals surface area contributed by atoms with E-state index in [2.05, 4.69) is 5.32 Å². The van der Waals surface area contributed by atoms with Gasteiger partial charge in [-0.3, -0.25) is 9.69 Å². The summed E-state index contributed by atoms with van der Waals surface area (Å²) < 4.78 is 10.9. The molecule has 0 spiro atoms. The maximum Gasteiger partial charge on any atom is 0.325 e. The SMILES string of the molecule is Cc1ccc(C2(C)NC(=O)N(CC(O)COc3cc(Cl)ccc3Cl)C2=O)o1. The van der Waals surface area contributed by atoms with Crippen LogP contribution in [0.2, 0.25) is 10.0 Å². The number of nitrogens with zero attached hydrogens (tertiary/aromatic N) is 1. The Morgan fingerprint density at radius 1 is 1.30 bits per heavy atom. The number of ether oxygens (including phenoxy) is 1. The lowest BCUT2D eigenvalue weighted by atomic mass is 9.99. The van der Waals surface area contributed by atoms with Gasteiger partial charge in [-0.2, -0.15) is 0 Å². The molecule has 1 fully saturated rings. The Kier molecular flexibility index (Phi) is 5.37. The number of halogens is 2. The molecule has 3 amide bonds. The van der Waals surface area contributed by atoms with Crippen molar-refractivity contribution in [2.45, 2.75) is 25.5 Å². The molecule has 1 aromatic carbocycles. The Labute approximate surface area is 165 Å². The number of urea groups is 1. The zero-order valence-corrected chi connectivity index (χ0v) is 16.2. The minimum atomic E-state index is -1.32. The summed E-state index contributed by atoms with van der Waals surface area (Å²) in [6, 6.07) is 7.42. The number of carbonyl (C=O) groups excluding carboxylic acids is 2. The fourth-order valence-corrected chi connectivity index (χ4v) is 3.10. The predicted octanol–water partition coefficient (Wildman–Crippen LogP) is 3.10.